The number of nitrogens with one attached hydrogen (secondary N) is 2. The van der Waals surface area contributed by atoms with E-state index in [1.807, 2.05) is 24.3 Å². The van der Waals surface area contributed by atoms with E-state index in [1.54, 1.807) is 24.3 Å². The summed E-state index contributed by atoms with van der Waals surface area (Å²) in [5.74, 6) is -0.372. The normalized spacial score (nSPS) is 16.8. The van der Waals surface area contributed by atoms with Gasteiger partial charge in [-0.1, -0.05) is 45.0 Å². The Morgan fingerprint density at radius 1 is 1.04 bits per heavy atom. The second-order valence-corrected chi connectivity index (χ2v) is 7.82. The molecule has 0 saturated carbocycles. The van der Waals surface area contributed by atoms with Crippen molar-refractivity contribution < 1.29 is 14.3 Å². The highest BCUT2D eigenvalue weighted by Crippen LogP contribution is 2.29. The van der Waals surface area contributed by atoms with E-state index in [1.165, 1.54) is 0 Å². The third-order valence-corrected chi connectivity index (χ3v) is 4.60. The maximum absolute atomic E-state index is 12.7. The van der Waals surface area contributed by atoms with Crippen molar-refractivity contribution in [1.29, 1.82) is 0 Å². The van der Waals surface area contributed by atoms with Crippen LogP contribution in [0, 0.1) is 0 Å². The monoisotopic (exact) mass is 366 g/mol. The number of ether oxygens (including phenoxy) is 1. The first-order valence-electron chi connectivity index (χ1n) is 9.28. The number of carbonyl (C=O) groups is 2. The number of para-hydroxylation sites is 1. The van der Waals surface area contributed by atoms with Crippen LogP contribution in [0.3, 0.4) is 0 Å². The highest BCUT2D eigenvalue weighted by atomic mass is 16.5. The summed E-state index contributed by atoms with van der Waals surface area (Å²) in [6.07, 6.45) is 1.23. The molecule has 0 aliphatic carbocycles. The zero-order chi connectivity index (χ0) is 19.4. The summed E-state index contributed by atoms with van der Waals surface area (Å²) < 4.78 is 5.40. The maximum atomic E-state index is 12.7. The van der Waals surface area contributed by atoms with Gasteiger partial charge in [-0.2, -0.15) is 0 Å². The zero-order valence-corrected chi connectivity index (χ0v) is 16.0. The molecular weight excluding hydrogens is 340 g/mol. The molecule has 1 aliphatic heterocycles. The first kappa shape index (κ1) is 19.1. The molecule has 5 heteroatoms. The molecule has 0 bridgehead atoms. The van der Waals surface area contributed by atoms with Crippen molar-refractivity contribution in [2.45, 2.75) is 45.1 Å². The summed E-state index contributed by atoms with van der Waals surface area (Å²) in [6, 6.07) is 14.7. The topological polar surface area (TPSA) is 67.4 Å². The first-order chi connectivity index (χ1) is 12.8. The molecule has 0 radical (unpaired) electrons. The van der Waals surface area contributed by atoms with Gasteiger partial charge in [0.2, 0.25) is 0 Å². The third kappa shape index (κ3) is 4.74. The number of rotatable bonds is 4. The lowest BCUT2D eigenvalue weighted by atomic mass is 9.86. The maximum Gasteiger partial charge on any atom is 0.255 e. The van der Waals surface area contributed by atoms with Crippen molar-refractivity contribution in [3.05, 3.63) is 59.7 Å². The molecule has 1 fully saturated rings. The molecule has 1 saturated heterocycles. The number of carbonyl (C=O) groups excluding carboxylic acids is 2. The lowest BCUT2D eigenvalue weighted by Gasteiger charge is -2.23. The summed E-state index contributed by atoms with van der Waals surface area (Å²) in [5.41, 5.74) is 2.86. The van der Waals surface area contributed by atoms with Crippen LogP contribution in [-0.2, 0) is 14.9 Å². The number of hydrogen-bond acceptors (Lipinski definition) is 3. The summed E-state index contributed by atoms with van der Waals surface area (Å²) in [5, 5.41) is 5.83. The van der Waals surface area contributed by atoms with Crippen molar-refractivity contribution in [3.63, 3.8) is 0 Å². The van der Waals surface area contributed by atoms with Gasteiger partial charge in [-0.05, 0) is 48.1 Å². The van der Waals surface area contributed by atoms with Crippen molar-refractivity contribution in [2.24, 2.45) is 0 Å². The molecule has 5 nitrogen and oxygen atoms in total. The molecule has 2 aromatic carbocycles. The van der Waals surface area contributed by atoms with Crippen molar-refractivity contribution >= 4 is 23.2 Å². The Morgan fingerprint density at radius 2 is 1.81 bits per heavy atom. The second kappa shape index (κ2) is 7.92. The molecule has 142 valence electrons. The van der Waals surface area contributed by atoms with Crippen molar-refractivity contribution in [1.82, 2.24) is 0 Å². The molecule has 1 unspecified atom stereocenters. The van der Waals surface area contributed by atoms with Gasteiger partial charge >= 0.3 is 0 Å². The molecule has 1 atom stereocenters. The average molecular weight is 366 g/mol. The van der Waals surface area contributed by atoms with Crippen LogP contribution >= 0.6 is 0 Å². The third-order valence-electron chi connectivity index (χ3n) is 4.60. The predicted molar refractivity (Wildman–Crippen MR) is 107 cm³/mol. The van der Waals surface area contributed by atoms with Gasteiger partial charge in [0.25, 0.3) is 11.8 Å². The Morgan fingerprint density at radius 3 is 2.52 bits per heavy atom. The van der Waals surface area contributed by atoms with Crippen LogP contribution in [0.4, 0.5) is 11.4 Å². The highest BCUT2D eigenvalue weighted by Gasteiger charge is 2.24. The minimum Gasteiger partial charge on any atom is -0.368 e. The quantitative estimate of drug-likeness (QED) is 0.845. The van der Waals surface area contributed by atoms with Crippen LogP contribution in [0.25, 0.3) is 0 Å². The Labute approximate surface area is 160 Å². The summed E-state index contributed by atoms with van der Waals surface area (Å²) in [7, 11) is 0. The van der Waals surface area contributed by atoms with Crippen LogP contribution in [0.5, 0.6) is 0 Å². The minimum atomic E-state index is -0.402. The van der Waals surface area contributed by atoms with E-state index in [0.717, 1.165) is 24.1 Å². The van der Waals surface area contributed by atoms with E-state index in [0.29, 0.717) is 17.9 Å². The zero-order valence-electron chi connectivity index (χ0n) is 16.0. The van der Waals surface area contributed by atoms with Gasteiger partial charge in [0.05, 0.1) is 0 Å². The minimum absolute atomic E-state index is 0.0824. The van der Waals surface area contributed by atoms with Crippen LogP contribution in [0.1, 0.15) is 49.5 Å². The fourth-order valence-electron chi connectivity index (χ4n) is 3.19. The van der Waals surface area contributed by atoms with Crippen LogP contribution in [0.15, 0.2) is 48.5 Å². The second-order valence-electron chi connectivity index (χ2n) is 7.82. The highest BCUT2D eigenvalue weighted by molar-refractivity contribution is 6.06. The van der Waals surface area contributed by atoms with Crippen LogP contribution in [0.2, 0.25) is 0 Å². The van der Waals surface area contributed by atoms with Gasteiger partial charge in [0.1, 0.15) is 6.10 Å². The first-order valence-corrected chi connectivity index (χ1v) is 9.28. The van der Waals surface area contributed by atoms with Gasteiger partial charge in [-0.15, -0.1) is 0 Å². The van der Waals surface area contributed by atoms with Gasteiger partial charge < -0.3 is 15.4 Å². The lowest BCUT2D eigenvalue weighted by molar-refractivity contribution is -0.124. The number of amides is 2. The summed E-state index contributed by atoms with van der Waals surface area (Å²) >= 11 is 0. The SMILES string of the molecule is CC(C)(C)c1ccccc1NC(=O)c1cccc(NC(=O)C2CCCO2)c1. The average Bonchev–Trinajstić information content (AvgIpc) is 3.16. The fourth-order valence-corrected chi connectivity index (χ4v) is 3.19. The summed E-state index contributed by atoms with van der Waals surface area (Å²) in [6.45, 7) is 6.95. The van der Waals surface area contributed by atoms with Gasteiger partial charge in [0, 0.05) is 23.5 Å². The predicted octanol–water partition coefficient (Wildman–Crippen LogP) is 4.35. The van der Waals surface area contributed by atoms with Gasteiger partial charge in [0.15, 0.2) is 0 Å². The van der Waals surface area contributed by atoms with E-state index in [4.69, 9.17) is 4.74 Å². The van der Waals surface area contributed by atoms with E-state index in [2.05, 4.69) is 31.4 Å². The molecule has 1 heterocycles. The Hall–Kier alpha value is -2.66. The molecule has 27 heavy (non-hydrogen) atoms. The molecule has 3 rings (SSSR count). The van der Waals surface area contributed by atoms with Crippen LogP contribution in [-0.4, -0.2) is 24.5 Å². The summed E-state index contributed by atoms with van der Waals surface area (Å²) in [4.78, 5) is 24.9. The van der Waals surface area contributed by atoms with E-state index >= 15 is 0 Å². The molecule has 2 aromatic rings. The molecule has 1 aliphatic rings. The van der Waals surface area contributed by atoms with Gasteiger partial charge in [-0.3, -0.25) is 9.59 Å². The Bertz CT molecular complexity index is 833. The molecule has 0 aromatic heterocycles. The number of anilines is 2. The molecule has 2 amide bonds. The van der Waals surface area contributed by atoms with Crippen molar-refractivity contribution in [2.75, 3.05) is 17.2 Å². The largest absolute Gasteiger partial charge is 0.368 e. The standard InChI is InChI=1S/C22H26N2O3/c1-22(2,3)17-10-4-5-11-18(17)24-20(25)15-8-6-9-16(14-15)23-21(26)19-12-7-13-27-19/h4-6,8-11,14,19H,7,12-13H2,1-3H3,(H,23,26)(H,24,25). The molecule has 2 N–H and O–H groups in total. The van der Waals surface area contributed by atoms with E-state index < -0.39 is 6.10 Å². The van der Waals surface area contributed by atoms with Crippen LogP contribution < -0.4 is 10.6 Å². The van der Waals surface area contributed by atoms with E-state index in [-0.39, 0.29) is 17.2 Å². The molecule has 0 spiro atoms. The van der Waals surface area contributed by atoms with Crippen molar-refractivity contribution in [3.8, 4) is 0 Å². The number of benzene rings is 2. The number of hydrogen-bond donors (Lipinski definition) is 2. The smallest absolute Gasteiger partial charge is 0.255 e. The van der Waals surface area contributed by atoms with E-state index in [9.17, 15) is 9.59 Å². The van der Waals surface area contributed by atoms with Gasteiger partial charge in [-0.25, -0.2) is 0 Å². The Balaban J connectivity index is 1.74. The Kier molecular flexibility index (Phi) is 5.61. The fraction of sp³-hybridized carbons (Fsp3) is 0.364. The molecular formula is C22H26N2O3. The lowest BCUT2D eigenvalue weighted by Crippen LogP contribution is -2.27.